The van der Waals surface area contributed by atoms with Crippen molar-refractivity contribution in [2.45, 2.75) is 39.5 Å². The highest BCUT2D eigenvalue weighted by molar-refractivity contribution is 5.43. The highest BCUT2D eigenvalue weighted by Gasteiger charge is 2.21. The number of rotatable bonds is 5. The van der Waals surface area contributed by atoms with Crippen LogP contribution in [0.1, 0.15) is 39.5 Å². The summed E-state index contributed by atoms with van der Waals surface area (Å²) in [6.45, 7) is 7.60. The van der Waals surface area contributed by atoms with Gasteiger partial charge in [-0.15, -0.1) is 11.8 Å². The number of aromatic nitrogens is 4. The molecule has 4 heterocycles. The Labute approximate surface area is 203 Å². The SMILES string of the molecule is C1CCNC1.CC#CCOc1ncnc(F)c1F.CC#CCOc1ncnc(N2CCCC2)c1F. The van der Waals surface area contributed by atoms with Crippen molar-refractivity contribution in [3.05, 3.63) is 30.2 Å². The van der Waals surface area contributed by atoms with Gasteiger partial charge in [0.1, 0.15) is 12.7 Å². The molecule has 0 spiro atoms. The van der Waals surface area contributed by atoms with E-state index in [1.807, 2.05) is 4.90 Å². The maximum absolute atomic E-state index is 14.0. The fourth-order valence-corrected chi connectivity index (χ4v) is 3.01. The van der Waals surface area contributed by atoms with E-state index in [1.54, 1.807) is 13.8 Å². The lowest BCUT2D eigenvalue weighted by atomic mass is 10.4. The van der Waals surface area contributed by atoms with Gasteiger partial charge < -0.3 is 19.7 Å². The maximum Gasteiger partial charge on any atom is 0.257 e. The van der Waals surface area contributed by atoms with Crippen molar-refractivity contribution in [3.63, 3.8) is 0 Å². The summed E-state index contributed by atoms with van der Waals surface area (Å²) in [6.07, 6.45) is 7.13. The quantitative estimate of drug-likeness (QED) is 0.506. The summed E-state index contributed by atoms with van der Waals surface area (Å²) in [7, 11) is 0. The van der Waals surface area contributed by atoms with Crippen molar-refractivity contribution in [2.75, 3.05) is 44.3 Å². The van der Waals surface area contributed by atoms with Gasteiger partial charge in [-0.1, -0.05) is 11.8 Å². The minimum atomic E-state index is -1.23. The first-order valence-corrected chi connectivity index (χ1v) is 11.3. The Morgan fingerprint density at radius 1 is 0.800 bits per heavy atom. The van der Waals surface area contributed by atoms with Crippen molar-refractivity contribution in [2.24, 2.45) is 0 Å². The molecule has 35 heavy (non-hydrogen) atoms. The second-order valence-electron chi connectivity index (χ2n) is 7.18. The average Bonchev–Trinajstić information content (AvgIpc) is 3.61. The van der Waals surface area contributed by atoms with Crippen molar-refractivity contribution in [3.8, 4) is 35.4 Å². The minimum absolute atomic E-state index is 0.0235. The lowest BCUT2D eigenvalue weighted by molar-refractivity contribution is 0.317. The second-order valence-corrected chi connectivity index (χ2v) is 7.18. The first kappa shape index (κ1) is 27.7. The molecule has 4 rings (SSSR count). The van der Waals surface area contributed by atoms with Crippen molar-refractivity contribution >= 4 is 5.82 Å². The molecule has 2 aliphatic heterocycles. The van der Waals surface area contributed by atoms with Crippen LogP contribution >= 0.6 is 0 Å². The molecule has 0 unspecified atom stereocenters. The third-order valence-electron chi connectivity index (χ3n) is 4.73. The Kier molecular flexibility index (Phi) is 12.7. The molecule has 0 atom stereocenters. The fourth-order valence-electron chi connectivity index (χ4n) is 3.01. The van der Waals surface area contributed by atoms with Gasteiger partial charge in [0.2, 0.25) is 11.6 Å². The Bertz CT molecular complexity index is 1030. The van der Waals surface area contributed by atoms with E-state index in [9.17, 15) is 13.2 Å². The molecule has 2 fully saturated rings. The van der Waals surface area contributed by atoms with E-state index in [4.69, 9.17) is 9.47 Å². The van der Waals surface area contributed by atoms with Crippen LogP contribution in [-0.4, -0.2) is 59.3 Å². The van der Waals surface area contributed by atoms with Crippen LogP contribution in [-0.2, 0) is 0 Å². The van der Waals surface area contributed by atoms with Gasteiger partial charge in [0.05, 0.1) is 0 Å². The van der Waals surface area contributed by atoms with Gasteiger partial charge in [-0.3, -0.25) is 0 Å². The normalized spacial score (nSPS) is 13.7. The van der Waals surface area contributed by atoms with Crippen LogP contribution in [0.2, 0.25) is 0 Å². The van der Waals surface area contributed by atoms with Crippen LogP contribution in [0.5, 0.6) is 11.8 Å². The second kappa shape index (κ2) is 16.1. The summed E-state index contributed by atoms with van der Waals surface area (Å²) >= 11 is 0. The summed E-state index contributed by atoms with van der Waals surface area (Å²) in [6, 6.07) is 0. The molecule has 8 nitrogen and oxygen atoms in total. The zero-order chi connectivity index (χ0) is 25.3. The predicted molar refractivity (Wildman–Crippen MR) is 125 cm³/mol. The minimum Gasteiger partial charge on any atom is -0.462 e. The first-order chi connectivity index (χ1) is 17.1. The monoisotopic (exact) mass is 490 g/mol. The number of ether oxygens (including phenoxy) is 2. The summed E-state index contributed by atoms with van der Waals surface area (Å²) in [5, 5.41) is 3.22. The average molecular weight is 491 g/mol. The van der Waals surface area contributed by atoms with Gasteiger partial charge in [-0.2, -0.15) is 23.1 Å². The van der Waals surface area contributed by atoms with E-state index in [1.165, 1.54) is 32.3 Å². The molecule has 0 saturated carbocycles. The van der Waals surface area contributed by atoms with Gasteiger partial charge >= 0.3 is 0 Å². The molecule has 0 bridgehead atoms. The molecule has 11 heteroatoms. The third-order valence-corrected chi connectivity index (χ3v) is 4.73. The van der Waals surface area contributed by atoms with Gasteiger partial charge in [0.25, 0.3) is 17.7 Å². The number of anilines is 1. The number of nitrogens with one attached hydrogen (secondary N) is 1. The third kappa shape index (κ3) is 9.67. The Morgan fingerprint density at radius 3 is 1.86 bits per heavy atom. The Morgan fingerprint density at radius 2 is 1.34 bits per heavy atom. The fraction of sp³-hybridized carbons (Fsp3) is 0.500. The molecule has 2 aliphatic rings. The highest BCUT2D eigenvalue weighted by Crippen LogP contribution is 2.25. The molecular formula is C24H29F3N6O2. The van der Waals surface area contributed by atoms with Crippen LogP contribution in [0.4, 0.5) is 19.0 Å². The van der Waals surface area contributed by atoms with E-state index in [0.29, 0.717) is 5.82 Å². The summed E-state index contributed by atoms with van der Waals surface area (Å²) in [4.78, 5) is 16.1. The maximum atomic E-state index is 14.0. The van der Waals surface area contributed by atoms with Crippen LogP contribution in [0, 0.1) is 41.3 Å². The lowest BCUT2D eigenvalue weighted by Gasteiger charge is -2.17. The van der Waals surface area contributed by atoms with Gasteiger partial charge in [-0.25, -0.2) is 9.97 Å². The molecule has 2 saturated heterocycles. The van der Waals surface area contributed by atoms with E-state index in [2.05, 4.69) is 48.9 Å². The molecule has 2 aromatic heterocycles. The van der Waals surface area contributed by atoms with Crippen LogP contribution in [0.3, 0.4) is 0 Å². The summed E-state index contributed by atoms with van der Waals surface area (Å²) < 4.78 is 49.1. The number of hydrogen-bond donors (Lipinski definition) is 1. The van der Waals surface area contributed by atoms with Gasteiger partial charge in [-0.05, 0) is 52.6 Å². The van der Waals surface area contributed by atoms with Gasteiger partial charge in [0, 0.05) is 13.1 Å². The zero-order valence-electron chi connectivity index (χ0n) is 19.9. The molecule has 2 aromatic rings. The Hall–Kier alpha value is -3.57. The van der Waals surface area contributed by atoms with E-state index in [-0.39, 0.29) is 19.1 Å². The molecular weight excluding hydrogens is 461 g/mol. The lowest BCUT2D eigenvalue weighted by Crippen LogP contribution is -2.21. The standard InChI is InChI=1S/C12H14FN3O.C8H6F2N2O.C4H9N/c1-2-3-8-17-12-10(13)11(14-9-15-12)16-6-4-5-7-16;1-2-3-4-13-8-6(9)7(10)11-5-12-8;1-2-4-5-3-1/h9H,4-8H2,1H3;5H,4H2,1H3;5H,1-4H2. The van der Waals surface area contributed by atoms with Crippen LogP contribution in [0.25, 0.3) is 0 Å². The van der Waals surface area contributed by atoms with Crippen molar-refractivity contribution < 1.29 is 22.6 Å². The van der Waals surface area contributed by atoms with Crippen LogP contribution in [0.15, 0.2) is 12.7 Å². The smallest absolute Gasteiger partial charge is 0.257 e. The van der Waals surface area contributed by atoms with E-state index >= 15 is 0 Å². The number of hydrogen-bond acceptors (Lipinski definition) is 8. The number of nitrogens with zero attached hydrogens (tertiary/aromatic N) is 5. The molecule has 1 N–H and O–H groups in total. The van der Waals surface area contributed by atoms with Gasteiger partial charge in [0.15, 0.2) is 19.0 Å². The van der Waals surface area contributed by atoms with Crippen molar-refractivity contribution in [1.29, 1.82) is 0 Å². The Balaban J connectivity index is 0.000000211. The predicted octanol–water partition coefficient (Wildman–Crippen LogP) is 3.14. The topological polar surface area (TPSA) is 85.3 Å². The molecule has 0 radical (unpaired) electrons. The molecule has 0 amide bonds. The highest BCUT2D eigenvalue weighted by atomic mass is 19.2. The molecule has 188 valence electrons. The van der Waals surface area contributed by atoms with E-state index < -0.39 is 23.5 Å². The molecule has 0 aliphatic carbocycles. The van der Waals surface area contributed by atoms with Crippen molar-refractivity contribution in [1.82, 2.24) is 25.3 Å². The summed E-state index contributed by atoms with van der Waals surface area (Å²) in [5.41, 5.74) is 0. The van der Waals surface area contributed by atoms with Crippen LogP contribution < -0.4 is 19.7 Å². The largest absolute Gasteiger partial charge is 0.462 e. The number of halogens is 3. The van der Waals surface area contributed by atoms with E-state index in [0.717, 1.165) is 32.3 Å². The summed E-state index contributed by atoms with van der Waals surface area (Å²) in [5.74, 6) is 7.41. The zero-order valence-corrected chi connectivity index (χ0v) is 19.9. The first-order valence-electron chi connectivity index (χ1n) is 11.3. The molecule has 0 aromatic carbocycles.